The van der Waals surface area contributed by atoms with Crippen molar-refractivity contribution in [3.63, 3.8) is 0 Å². The zero-order valence-corrected chi connectivity index (χ0v) is 8.05. The van der Waals surface area contributed by atoms with Gasteiger partial charge in [0, 0.05) is 18.6 Å². The SMILES string of the molecule is CC[NH-].[CH3-].[CH3-].[CH3-].[CH3-].[V]. The first-order valence-electron chi connectivity index (χ1n) is 1.06. The van der Waals surface area contributed by atoms with Crippen LogP contribution in [0, 0.1) is 29.7 Å². The summed E-state index contributed by atoms with van der Waals surface area (Å²) < 4.78 is 0. The first kappa shape index (κ1) is 75.1. The predicted molar refractivity (Wildman–Crippen MR) is 40.5 cm³/mol. The molecule has 0 bridgehead atoms. The summed E-state index contributed by atoms with van der Waals surface area (Å²) in [5.41, 5.74) is 6.21. The summed E-state index contributed by atoms with van der Waals surface area (Å²) in [4.78, 5) is 0. The average molecular weight is 155 g/mol. The molecule has 0 amide bonds. The molecule has 1 radical (unpaired) electrons. The third-order valence-electron chi connectivity index (χ3n) is 0. The van der Waals surface area contributed by atoms with Gasteiger partial charge in [-0.2, -0.15) is 6.54 Å². The van der Waals surface area contributed by atoms with Crippen molar-refractivity contribution in [1.29, 1.82) is 0 Å². The minimum absolute atomic E-state index is 0. The van der Waals surface area contributed by atoms with E-state index in [1.54, 1.807) is 6.92 Å². The molecule has 0 aliphatic rings. The summed E-state index contributed by atoms with van der Waals surface area (Å²) in [6.45, 7) is 2.29. The summed E-state index contributed by atoms with van der Waals surface area (Å²) >= 11 is 0. The molecule has 0 saturated heterocycles. The van der Waals surface area contributed by atoms with Crippen LogP contribution in [0.25, 0.3) is 5.73 Å². The van der Waals surface area contributed by atoms with E-state index in [0.29, 0.717) is 6.54 Å². The summed E-state index contributed by atoms with van der Waals surface area (Å²) in [5.74, 6) is 0. The Balaban J connectivity index is -0.00000000200. The molecule has 0 atom stereocenters. The van der Waals surface area contributed by atoms with Gasteiger partial charge in [0.1, 0.15) is 0 Å². The molecule has 0 unspecified atom stereocenters. The molecule has 0 heterocycles. The molecule has 1 nitrogen and oxygen atoms in total. The monoisotopic (exact) mass is 155 g/mol. The van der Waals surface area contributed by atoms with E-state index in [-0.39, 0.29) is 48.3 Å². The molecule has 0 fully saturated rings. The van der Waals surface area contributed by atoms with Crippen LogP contribution in [0.4, 0.5) is 0 Å². The molecule has 2 heteroatoms. The Hall–Kier alpha value is 0.544. The van der Waals surface area contributed by atoms with Gasteiger partial charge in [0.05, 0.1) is 0 Å². The summed E-state index contributed by atoms with van der Waals surface area (Å²) in [6.07, 6.45) is 0. The standard InChI is InChI=1S/C2H6N.4CH3.V/c1-2-3;;;;;/h3H,2H2,1H3;4*1H3;/q5*-1;. The molecule has 1 N–H and O–H groups in total. The molecule has 8 heavy (non-hydrogen) atoms. The van der Waals surface area contributed by atoms with Gasteiger partial charge in [-0.05, 0) is 0 Å². The molecule has 0 spiro atoms. The van der Waals surface area contributed by atoms with Gasteiger partial charge in [-0.3, -0.25) is 0 Å². The third kappa shape index (κ3) is 679. The topological polar surface area (TPSA) is 23.8 Å². The van der Waals surface area contributed by atoms with Gasteiger partial charge in [-0.25, -0.2) is 0 Å². The Kier molecular flexibility index (Phi) is 1270. The van der Waals surface area contributed by atoms with Crippen LogP contribution in [-0.2, 0) is 18.6 Å². The van der Waals surface area contributed by atoms with Crippen molar-refractivity contribution in [3.8, 4) is 0 Å². The Morgan fingerprint density at radius 2 is 1.00 bits per heavy atom. The van der Waals surface area contributed by atoms with E-state index >= 15 is 0 Å². The fourth-order valence-corrected chi connectivity index (χ4v) is 0. The van der Waals surface area contributed by atoms with Gasteiger partial charge in [0.2, 0.25) is 0 Å². The Bertz CT molecular complexity index is 8.49. The molecule has 0 rings (SSSR count). The van der Waals surface area contributed by atoms with Crippen LogP contribution in [0.5, 0.6) is 0 Å². The van der Waals surface area contributed by atoms with Crippen molar-refractivity contribution in [3.05, 3.63) is 35.4 Å². The Labute approximate surface area is 67.9 Å². The van der Waals surface area contributed by atoms with E-state index in [2.05, 4.69) is 0 Å². The van der Waals surface area contributed by atoms with Crippen LogP contribution < -0.4 is 0 Å². The Morgan fingerprint density at radius 1 is 1.00 bits per heavy atom. The van der Waals surface area contributed by atoms with Crippen LogP contribution in [0.3, 0.4) is 0 Å². The van der Waals surface area contributed by atoms with Gasteiger partial charge in [-0.15, -0.1) is 0 Å². The van der Waals surface area contributed by atoms with E-state index in [4.69, 9.17) is 5.73 Å². The zero-order chi connectivity index (χ0) is 2.71. The molecule has 0 aromatic heterocycles. The summed E-state index contributed by atoms with van der Waals surface area (Å²) in [5, 5.41) is 0. The first-order valence-corrected chi connectivity index (χ1v) is 1.06. The second-order valence-electron chi connectivity index (χ2n) is 0.354. The van der Waals surface area contributed by atoms with E-state index < -0.39 is 0 Å². The molecule has 0 aromatic rings. The fourth-order valence-electron chi connectivity index (χ4n) is 0. The maximum Gasteiger partial charge on any atom is 0 e. The zero-order valence-electron chi connectivity index (χ0n) is 6.65. The van der Waals surface area contributed by atoms with Gasteiger partial charge in [-0.1, -0.05) is 6.92 Å². The van der Waals surface area contributed by atoms with Crippen molar-refractivity contribution in [2.24, 2.45) is 0 Å². The average Bonchev–Trinajstić information content (AvgIpc) is 0.918. The predicted octanol–water partition coefficient (Wildman–Crippen LogP) is 2.86. The maximum atomic E-state index is 6.21. The fraction of sp³-hybridized carbons (Fsp3) is 0.333. The van der Waals surface area contributed by atoms with Crippen LogP contribution in [0.2, 0.25) is 0 Å². The smallest absolute Gasteiger partial charge is 0 e. The van der Waals surface area contributed by atoms with Crippen molar-refractivity contribution in [2.75, 3.05) is 6.54 Å². The van der Waals surface area contributed by atoms with Crippen LogP contribution >= 0.6 is 0 Å². The molecule has 0 aromatic carbocycles. The molecule has 0 saturated carbocycles. The van der Waals surface area contributed by atoms with Crippen molar-refractivity contribution in [1.82, 2.24) is 0 Å². The maximum absolute atomic E-state index is 6.21. The van der Waals surface area contributed by atoms with Crippen LogP contribution in [-0.4, -0.2) is 6.54 Å². The van der Waals surface area contributed by atoms with Gasteiger partial charge in [0.15, 0.2) is 0 Å². The van der Waals surface area contributed by atoms with Crippen molar-refractivity contribution >= 4 is 0 Å². The van der Waals surface area contributed by atoms with Crippen molar-refractivity contribution < 1.29 is 18.6 Å². The molecular weight excluding hydrogens is 137 g/mol. The third-order valence-corrected chi connectivity index (χ3v) is 0. The molecule has 0 aliphatic heterocycles. The van der Waals surface area contributed by atoms with Gasteiger partial charge in [0.25, 0.3) is 0 Å². The number of hydrogen-bond acceptors (Lipinski definition) is 0. The minimum atomic E-state index is 0. The van der Waals surface area contributed by atoms with Crippen LogP contribution in [0.15, 0.2) is 0 Å². The first-order chi connectivity index (χ1) is 1.41. The van der Waals surface area contributed by atoms with E-state index in [0.717, 1.165) is 0 Å². The number of hydrogen-bond donors (Lipinski definition) is 0. The second-order valence-corrected chi connectivity index (χ2v) is 0.354. The minimum Gasteiger partial charge on any atom is -0.678 e. The molecule has 0 aliphatic carbocycles. The largest absolute Gasteiger partial charge is 0.678 e. The van der Waals surface area contributed by atoms with Gasteiger partial charge < -0.3 is 35.4 Å². The number of nitrogens with one attached hydrogen (secondary N) is 1. The summed E-state index contributed by atoms with van der Waals surface area (Å²) in [7, 11) is 0. The van der Waals surface area contributed by atoms with E-state index in [1.165, 1.54) is 0 Å². The summed E-state index contributed by atoms with van der Waals surface area (Å²) in [6, 6.07) is 0. The van der Waals surface area contributed by atoms with E-state index in [1.807, 2.05) is 0 Å². The van der Waals surface area contributed by atoms with Crippen LogP contribution in [0.1, 0.15) is 6.92 Å². The van der Waals surface area contributed by atoms with E-state index in [9.17, 15) is 0 Å². The second kappa shape index (κ2) is 135. The molecule has 57 valence electrons. The Morgan fingerprint density at radius 3 is 1.00 bits per heavy atom. The molecular formula is C6H18NV-5. The van der Waals surface area contributed by atoms with Crippen molar-refractivity contribution in [2.45, 2.75) is 6.92 Å². The van der Waals surface area contributed by atoms with Gasteiger partial charge >= 0.3 is 0 Å². The number of rotatable bonds is 0. The quantitative estimate of drug-likeness (QED) is 0.480. The normalized spacial score (nSPS) is 2.25.